The second-order valence-corrected chi connectivity index (χ2v) is 20.5. The van der Waals surface area contributed by atoms with E-state index in [0.29, 0.717) is 0 Å². The third-order valence-corrected chi connectivity index (χ3v) is 21.3. The molecule has 0 aliphatic heterocycles. The molecule has 1 rings (SSSR count). The fourth-order valence-electron chi connectivity index (χ4n) is 3.95. The van der Waals surface area contributed by atoms with E-state index in [1.807, 2.05) is 3.58 Å². The zero-order valence-corrected chi connectivity index (χ0v) is 19.1. The van der Waals surface area contributed by atoms with Crippen molar-refractivity contribution < 1.29 is 0 Å². The number of rotatable bonds is 13. The van der Waals surface area contributed by atoms with Gasteiger partial charge in [-0.15, -0.1) is 0 Å². The molecule has 0 fully saturated rings. The van der Waals surface area contributed by atoms with Crippen molar-refractivity contribution in [2.24, 2.45) is 0 Å². The van der Waals surface area contributed by atoms with Crippen LogP contribution >= 0.6 is 0 Å². The SMILES string of the molecule is CCCCc1cccc[c]1[Sn]([CH2]CCC)([CH2]CCC)[CH2]CCC. The number of hydrogen-bond acceptors (Lipinski definition) is 0. The summed E-state index contributed by atoms with van der Waals surface area (Å²) in [6, 6.07) is 9.63. The monoisotopic (exact) mass is 424 g/mol. The molecule has 0 saturated heterocycles. The normalized spacial score (nSPS) is 11.8. The van der Waals surface area contributed by atoms with Crippen molar-refractivity contribution in [2.45, 2.75) is 98.8 Å². The first kappa shape index (κ1) is 21.1. The van der Waals surface area contributed by atoms with Crippen LogP contribution in [0.2, 0.25) is 13.3 Å². The predicted molar refractivity (Wildman–Crippen MR) is 110 cm³/mol. The number of hydrogen-bond donors (Lipinski definition) is 0. The van der Waals surface area contributed by atoms with E-state index < -0.39 is 18.4 Å². The van der Waals surface area contributed by atoms with Gasteiger partial charge in [0.25, 0.3) is 0 Å². The van der Waals surface area contributed by atoms with E-state index in [4.69, 9.17) is 0 Å². The molecule has 1 aromatic rings. The molecule has 132 valence electrons. The minimum atomic E-state index is -2.23. The molecule has 0 heterocycles. The fraction of sp³-hybridized carbons (Fsp3) is 0.727. The summed E-state index contributed by atoms with van der Waals surface area (Å²) in [4.78, 5) is 0. The van der Waals surface area contributed by atoms with Gasteiger partial charge >= 0.3 is 151 Å². The van der Waals surface area contributed by atoms with E-state index in [1.165, 1.54) is 57.8 Å². The van der Waals surface area contributed by atoms with Gasteiger partial charge in [0.05, 0.1) is 0 Å². The molecule has 0 spiro atoms. The first-order valence-electron chi connectivity index (χ1n) is 10.3. The van der Waals surface area contributed by atoms with Gasteiger partial charge in [-0.25, -0.2) is 0 Å². The van der Waals surface area contributed by atoms with E-state index in [-0.39, 0.29) is 0 Å². The molecule has 0 bridgehead atoms. The zero-order chi connectivity index (χ0) is 17.0. The van der Waals surface area contributed by atoms with Crippen LogP contribution in [0.25, 0.3) is 0 Å². The zero-order valence-electron chi connectivity index (χ0n) is 16.3. The second-order valence-electron chi connectivity index (χ2n) is 7.35. The Hall–Kier alpha value is 0.0187. The summed E-state index contributed by atoms with van der Waals surface area (Å²) in [7, 11) is 0. The van der Waals surface area contributed by atoms with Crippen LogP contribution in [0.5, 0.6) is 0 Å². The summed E-state index contributed by atoms with van der Waals surface area (Å²) < 4.78 is 6.68. The van der Waals surface area contributed by atoms with E-state index in [1.54, 1.807) is 18.9 Å². The van der Waals surface area contributed by atoms with Crippen LogP contribution < -0.4 is 3.58 Å². The molecule has 0 atom stereocenters. The molecule has 0 amide bonds. The Morgan fingerprint density at radius 3 is 1.61 bits per heavy atom. The molecule has 0 aliphatic carbocycles. The van der Waals surface area contributed by atoms with Gasteiger partial charge in [-0.05, 0) is 0 Å². The van der Waals surface area contributed by atoms with Crippen molar-refractivity contribution in [3.63, 3.8) is 0 Å². The molecular weight excluding hydrogens is 383 g/mol. The number of unbranched alkanes of at least 4 members (excludes halogenated alkanes) is 4. The average Bonchev–Trinajstić information content (AvgIpc) is 2.60. The number of aryl methyl sites for hydroxylation is 1. The summed E-state index contributed by atoms with van der Waals surface area (Å²) >= 11 is -2.23. The summed E-state index contributed by atoms with van der Waals surface area (Å²) in [6.07, 6.45) is 12.5. The van der Waals surface area contributed by atoms with Gasteiger partial charge in [-0.3, -0.25) is 0 Å². The fourth-order valence-corrected chi connectivity index (χ4v) is 21.0. The molecule has 0 N–H and O–H groups in total. The van der Waals surface area contributed by atoms with Crippen LogP contribution in [-0.4, -0.2) is 18.4 Å². The van der Waals surface area contributed by atoms with Gasteiger partial charge in [-0.1, -0.05) is 0 Å². The molecule has 1 aromatic carbocycles. The third-order valence-electron chi connectivity index (χ3n) is 5.42. The van der Waals surface area contributed by atoms with Crippen molar-refractivity contribution in [1.82, 2.24) is 0 Å². The Morgan fingerprint density at radius 1 is 0.652 bits per heavy atom. The van der Waals surface area contributed by atoms with Crippen molar-refractivity contribution in [2.75, 3.05) is 0 Å². The van der Waals surface area contributed by atoms with Crippen molar-refractivity contribution in [3.05, 3.63) is 29.8 Å². The van der Waals surface area contributed by atoms with Crippen LogP contribution in [0.1, 0.15) is 84.6 Å². The Balaban J connectivity index is 3.17. The van der Waals surface area contributed by atoms with Crippen molar-refractivity contribution >= 4 is 22.0 Å². The summed E-state index contributed by atoms with van der Waals surface area (Å²) in [5.74, 6) is 0. The molecule has 0 unspecified atom stereocenters. The van der Waals surface area contributed by atoms with Gasteiger partial charge in [0.15, 0.2) is 0 Å². The van der Waals surface area contributed by atoms with Gasteiger partial charge in [-0.2, -0.15) is 0 Å². The second kappa shape index (κ2) is 12.4. The van der Waals surface area contributed by atoms with Crippen LogP contribution in [0, 0.1) is 0 Å². The molecule has 0 radical (unpaired) electrons. The van der Waals surface area contributed by atoms with E-state index in [0.717, 1.165) is 0 Å². The maximum atomic E-state index is 2.56. The van der Waals surface area contributed by atoms with Gasteiger partial charge in [0, 0.05) is 0 Å². The Kier molecular flexibility index (Phi) is 11.3. The van der Waals surface area contributed by atoms with E-state index in [2.05, 4.69) is 52.0 Å². The molecule has 23 heavy (non-hydrogen) atoms. The van der Waals surface area contributed by atoms with Crippen molar-refractivity contribution in [1.29, 1.82) is 0 Å². The molecule has 0 saturated carbocycles. The summed E-state index contributed by atoms with van der Waals surface area (Å²) in [5.41, 5.74) is 1.73. The van der Waals surface area contributed by atoms with Crippen molar-refractivity contribution in [3.8, 4) is 0 Å². The molecule has 0 aromatic heterocycles. The summed E-state index contributed by atoms with van der Waals surface area (Å²) in [6.45, 7) is 9.45. The predicted octanol–water partition coefficient (Wildman–Crippen LogP) is 7.09. The average molecular weight is 423 g/mol. The Morgan fingerprint density at radius 2 is 1.13 bits per heavy atom. The quantitative estimate of drug-likeness (QED) is 0.297. The summed E-state index contributed by atoms with van der Waals surface area (Å²) in [5, 5.41) is 0. The first-order chi connectivity index (χ1) is 11.2. The standard InChI is InChI=1S/C10H13.3C4H9.Sn/c1-2-3-7-10-8-5-4-6-9-10;3*1-3-4-2;/h4-6,8H,2-3,7H2,1H3;3*1,3-4H2,2H3;. The molecular formula is C22H40Sn. The maximum absolute atomic E-state index is 2.56. The topological polar surface area (TPSA) is 0 Å². The van der Waals surface area contributed by atoms with Crippen LogP contribution in [0.3, 0.4) is 0 Å². The Labute approximate surface area is 150 Å². The Bertz CT molecular complexity index is 388. The van der Waals surface area contributed by atoms with Gasteiger partial charge < -0.3 is 0 Å². The molecule has 1 heteroatoms. The minimum absolute atomic E-state index is 1.32. The van der Waals surface area contributed by atoms with Crippen LogP contribution in [-0.2, 0) is 6.42 Å². The van der Waals surface area contributed by atoms with Crippen LogP contribution in [0.15, 0.2) is 24.3 Å². The molecule has 0 aliphatic rings. The third kappa shape index (κ3) is 6.80. The van der Waals surface area contributed by atoms with E-state index in [9.17, 15) is 0 Å². The van der Waals surface area contributed by atoms with Gasteiger partial charge in [0.1, 0.15) is 0 Å². The first-order valence-corrected chi connectivity index (χ1v) is 17.8. The number of benzene rings is 1. The van der Waals surface area contributed by atoms with Crippen LogP contribution in [0.4, 0.5) is 0 Å². The molecule has 0 nitrogen and oxygen atoms in total. The van der Waals surface area contributed by atoms with E-state index >= 15 is 0 Å². The van der Waals surface area contributed by atoms with Gasteiger partial charge in [0.2, 0.25) is 0 Å².